The molecule has 2 atom stereocenters. The number of aliphatic hydroxyl groups is 1. The number of hydrogen-bond acceptors (Lipinski definition) is 7. The number of carbonyl (C=O) groups is 1. The Labute approximate surface area is 282 Å². The topological polar surface area (TPSA) is 138 Å². The number of amides is 1. The lowest BCUT2D eigenvalue weighted by atomic mass is 9.81. The number of carbonyl (C=O) groups excluding carboxylic acids is 1. The zero-order valence-corrected chi connectivity index (χ0v) is 27.1. The van der Waals surface area contributed by atoms with Crippen LogP contribution in [0.1, 0.15) is 34.8 Å². The summed E-state index contributed by atoms with van der Waals surface area (Å²) in [5.74, 6) is 1.17. The van der Waals surface area contributed by atoms with Gasteiger partial charge in [0.1, 0.15) is 11.5 Å². The summed E-state index contributed by atoms with van der Waals surface area (Å²) in [6.45, 7) is 0.704. The molecule has 0 spiro atoms. The van der Waals surface area contributed by atoms with E-state index in [0.29, 0.717) is 64.2 Å². The number of nitrogens with one attached hydrogen (secondary N) is 1. The maximum atomic E-state index is 14.6. The summed E-state index contributed by atoms with van der Waals surface area (Å²) in [4.78, 5) is 22.6. The summed E-state index contributed by atoms with van der Waals surface area (Å²) in [5.41, 5.74) is 10.8. The summed E-state index contributed by atoms with van der Waals surface area (Å²) in [6, 6.07) is 26.8. The quantitative estimate of drug-likeness (QED) is 0.0615. The van der Waals surface area contributed by atoms with Crippen molar-refractivity contribution < 1.29 is 24.1 Å². The number of ether oxygens (including phenoxy) is 3. The predicted octanol–water partition coefficient (Wildman–Crippen LogP) is 7.56. The second kappa shape index (κ2) is 15.7. The maximum Gasteiger partial charge on any atom is 0.252 e. The third-order valence-corrected chi connectivity index (χ3v) is 8.27. The van der Waals surface area contributed by atoms with E-state index < -0.39 is 17.6 Å². The Bertz CT molecular complexity index is 1800. The Balaban J connectivity index is 1.57. The van der Waals surface area contributed by atoms with E-state index >= 15 is 0 Å². The molecule has 0 radical (unpaired) electrons. The van der Waals surface area contributed by atoms with Gasteiger partial charge in [0.15, 0.2) is 11.6 Å². The summed E-state index contributed by atoms with van der Waals surface area (Å²) in [5, 5.41) is 16.8. The lowest BCUT2D eigenvalue weighted by Gasteiger charge is -2.31. The molecule has 0 aliphatic carbocycles. The Morgan fingerprint density at radius 1 is 1.06 bits per heavy atom. The van der Waals surface area contributed by atoms with Crippen molar-refractivity contribution in [2.75, 3.05) is 26.9 Å². The van der Waals surface area contributed by atoms with Gasteiger partial charge in [-0.25, -0.2) is 4.99 Å². The minimum atomic E-state index is -1.57. The van der Waals surface area contributed by atoms with Gasteiger partial charge in [-0.15, -0.1) is 0 Å². The Hall–Kier alpha value is -4.73. The molecular formula is C35H33Cl2N5O5. The smallest absolute Gasteiger partial charge is 0.252 e. The van der Waals surface area contributed by atoms with Crippen molar-refractivity contribution in [1.82, 2.24) is 5.32 Å². The predicted molar refractivity (Wildman–Crippen MR) is 182 cm³/mol. The highest BCUT2D eigenvalue weighted by Gasteiger charge is 2.54. The third-order valence-electron chi connectivity index (χ3n) is 7.71. The lowest BCUT2D eigenvalue weighted by Crippen LogP contribution is -2.50. The molecule has 0 unspecified atom stereocenters. The van der Waals surface area contributed by atoms with Crippen LogP contribution in [0.15, 0.2) is 101 Å². The number of halogens is 2. The van der Waals surface area contributed by atoms with Gasteiger partial charge in [0.25, 0.3) is 5.91 Å². The van der Waals surface area contributed by atoms with Gasteiger partial charge in [-0.3, -0.25) is 4.79 Å². The maximum absolute atomic E-state index is 14.6. The normalized spacial score (nSPS) is 16.9. The second-order valence-electron chi connectivity index (χ2n) is 10.8. The van der Waals surface area contributed by atoms with Crippen LogP contribution in [0.3, 0.4) is 0 Å². The number of azide groups is 1. The fourth-order valence-electron chi connectivity index (χ4n) is 5.37. The monoisotopic (exact) mass is 673 g/mol. The van der Waals surface area contributed by atoms with Crippen molar-refractivity contribution in [1.29, 1.82) is 0 Å². The summed E-state index contributed by atoms with van der Waals surface area (Å²) < 4.78 is 17.6. The van der Waals surface area contributed by atoms with Gasteiger partial charge >= 0.3 is 0 Å². The fraction of sp³-hybridized carbons (Fsp3) is 0.257. The van der Waals surface area contributed by atoms with Crippen LogP contribution in [0, 0.1) is 0 Å². The van der Waals surface area contributed by atoms with Crippen molar-refractivity contribution in [2.45, 2.75) is 30.9 Å². The van der Waals surface area contributed by atoms with Crippen molar-refractivity contribution in [3.63, 3.8) is 0 Å². The molecular weight excluding hydrogens is 641 g/mol. The summed E-state index contributed by atoms with van der Waals surface area (Å²) in [6.07, 6.45) is 0.102. The van der Waals surface area contributed by atoms with E-state index in [1.54, 1.807) is 73.8 Å². The van der Waals surface area contributed by atoms with Crippen LogP contribution in [0.2, 0.25) is 10.0 Å². The fourth-order valence-corrected chi connectivity index (χ4v) is 5.88. The molecule has 1 amide bonds. The van der Waals surface area contributed by atoms with Crippen LogP contribution < -0.4 is 14.8 Å². The average molecular weight is 675 g/mol. The van der Waals surface area contributed by atoms with Gasteiger partial charge in [-0.2, -0.15) is 0 Å². The van der Waals surface area contributed by atoms with Crippen LogP contribution in [-0.4, -0.2) is 49.3 Å². The van der Waals surface area contributed by atoms with Crippen LogP contribution in [-0.2, 0) is 22.4 Å². The number of hydrogen-bond donors (Lipinski definition) is 2. The molecule has 4 aromatic rings. The SMILES string of the molecule is COc1cccc(CCNC(=O)[C@]2(Cc3ccccc3N=[N+]=[N-])N=C(c3ccc(OCCCO)cc3)O[C@@H]2c2ccc(Cl)cc2Cl)c1. The lowest BCUT2D eigenvalue weighted by molar-refractivity contribution is -0.128. The molecule has 0 bridgehead atoms. The minimum absolute atomic E-state index is 0.0304. The highest BCUT2D eigenvalue weighted by molar-refractivity contribution is 6.35. The Morgan fingerprint density at radius 3 is 2.62 bits per heavy atom. The van der Waals surface area contributed by atoms with E-state index in [4.69, 9.17) is 47.5 Å². The van der Waals surface area contributed by atoms with Crippen LogP contribution >= 0.6 is 23.2 Å². The molecule has 0 fully saturated rings. The minimum Gasteiger partial charge on any atom is -0.497 e. The number of rotatable bonds is 14. The van der Waals surface area contributed by atoms with Gasteiger partial charge in [0.2, 0.25) is 5.90 Å². The first-order valence-corrected chi connectivity index (χ1v) is 15.7. The summed E-state index contributed by atoms with van der Waals surface area (Å²) in [7, 11) is 1.61. The zero-order valence-electron chi connectivity index (χ0n) is 25.6. The number of aliphatic imine (C=N–C) groups is 1. The van der Waals surface area contributed by atoms with Crippen LogP contribution in [0.4, 0.5) is 5.69 Å². The number of aliphatic hydroxyl groups excluding tert-OH is 1. The molecule has 12 heteroatoms. The first-order chi connectivity index (χ1) is 22.9. The zero-order chi connectivity index (χ0) is 33.2. The van der Waals surface area contributed by atoms with E-state index in [1.807, 2.05) is 24.3 Å². The van der Waals surface area contributed by atoms with Gasteiger partial charge in [0, 0.05) is 57.8 Å². The highest BCUT2D eigenvalue weighted by Crippen LogP contribution is 2.46. The first kappa shape index (κ1) is 33.6. The van der Waals surface area contributed by atoms with Gasteiger partial charge in [-0.05, 0) is 71.6 Å². The van der Waals surface area contributed by atoms with Gasteiger partial charge in [-0.1, -0.05) is 70.8 Å². The third kappa shape index (κ3) is 7.99. The molecule has 0 saturated carbocycles. The molecule has 242 valence electrons. The molecule has 1 aliphatic rings. The van der Waals surface area contributed by atoms with E-state index in [9.17, 15) is 10.3 Å². The number of benzene rings is 4. The van der Waals surface area contributed by atoms with Crippen LogP contribution in [0.5, 0.6) is 11.5 Å². The molecule has 2 N–H and O–H groups in total. The van der Waals surface area contributed by atoms with Crippen LogP contribution in [0.25, 0.3) is 10.4 Å². The van der Waals surface area contributed by atoms with E-state index in [1.165, 1.54) is 0 Å². The largest absolute Gasteiger partial charge is 0.497 e. The molecule has 1 aliphatic heterocycles. The standard InChI is InChI=1S/C35H33Cl2N5O5/c1-45-28-8-4-6-23(20-28)16-17-39-34(44)35(22-25-7-2-3-9-31(25)41-42-38)32(29-15-12-26(36)21-30(29)37)47-33(40-35)24-10-13-27(14-11-24)46-19-5-18-43/h2-4,6-15,20-21,32,43H,5,16-19,22H2,1H3,(H,39,44)/t32-,35-/m1/s1. The first-order valence-electron chi connectivity index (χ1n) is 15.0. The van der Waals surface area contributed by atoms with E-state index in [2.05, 4.69) is 15.3 Å². The molecule has 0 saturated heterocycles. The number of nitrogens with zero attached hydrogens (tertiary/aromatic N) is 4. The Morgan fingerprint density at radius 2 is 1.87 bits per heavy atom. The highest BCUT2D eigenvalue weighted by atomic mass is 35.5. The number of methoxy groups -OCH3 is 1. The molecule has 4 aromatic carbocycles. The van der Waals surface area contributed by atoms with Gasteiger partial charge < -0.3 is 24.6 Å². The van der Waals surface area contributed by atoms with Crippen molar-refractivity contribution in [3.05, 3.63) is 134 Å². The molecule has 5 rings (SSSR count). The molecule has 0 aromatic heterocycles. The van der Waals surface area contributed by atoms with E-state index in [0.717, 1.165) is 11.3 Å². The summed E-state index contributed by atoms with van der Waals surface area (Å²) >= 11 is 13.0. The van der Waals surface area contributed by atoms with Gasteiger partial charge in [0.05, 0.1) is 13.7 Å². The van der Waals surface area contributed by atoms with E-state index in [-0.39, 0.29) is 18.9 Å². The molecule has 10 nitrogen and oxygen atoms in total. The molecule has 1 heterocycles. The van der Waals surface area contributed by atoms with Crippen molar-refractivity contribution >= 4 is 40.7 Å². The van der Waals surface area contributed by atoms with Crippen molar-refractivity contribution in [3.8, 4) is 11.5 Å². The van der Waals surface area contributed by atoms with Crippen molar-refractivity contribution in [2.24, 2.45) is 10.1 Å². The molecule has 47 heavy (non-hydrogen) atoms. The Kier molecular flexibility index (Phi) is 11.2. The average Bonchev–Trinajstić information content (AvgIpc) is 3.46. The second-order valence-corrected chi connectivity index (χ2v) is 11.7.